The highest BCUT2D eigenvalue weighted by molar-refractivity contribution is 7.26. The number of nitrogens with zero attached hydrogens (tertiary/aromatic N) is 5. The molecule has 0 aliphatic carbocycles. The van der Waals surface area contributed by atoms with Crippen molar-refractivity contribution < 1.29 is 0 Å². The molecule has 0 aliphatic heterocycles. The molecule has 0 bridgehead atoms. The minimum atomic E-state index is 0.637. The molecule has 0 spiro atoms. The zero-order valence-electron chi connectivity index (χ0n) is 29.8. The van der Waals surface area contributed by atoms with Crippen LogP contribution in [-0.2, 0) is 0 Å². The third-order valence-corrected chi connectivity index (χ3v) is 12.5. The Morgan fingerprint density at radius 2 is 0.875 bits per heavy atom. The topological polar surface area (TPSA) is 64.5 Å². The average molecular weight is 752 g/mol. The van der Waals surface area contributed by atoms with Gasteiger partial charge in [0.1, 0.15) is 0 Å². The van der Waals surface area contributed by atoms with Gasteiger partial charge < -0.3 is 0 Å². The van der Waals surface area contributed by atoms with Crippen LogP contribution >= 0.6 is 22.7 Å². The van der Waals surface area contributed by atoms with Crippen LogP contribution in [0.2, 0.25) is 0 Å². The second-order valence-electron chi connectivity index (χ2n) is 13.7. The quantitative estimate of drug-likeness (QED) is 0.169. The Labute approximate surface area is 330 Å². The summed E-state index contributed by atoms with van der Waals surface area (Å²) in [5.74, 6) is 2.65. The van der Waals surface area contributed by atoms with Crippen molar-refractivity contribution in [2.24, 2.45) is 0 Å². The van der Waals surface area contributed by atoms with Crippen LogP contribution in [-0.4, -0.2) is 24.9 Å². The molecule has 4 heterocycles. The van der Waals surface area contributed by atoms with Crippen LogP contribution in [0.15, 0.2) is 176 Å². The first-order chi connectivity index (χ1) is 27.7. The molecule has 11 rings (SSSR count). The van der Waals surface area contributed by atoms with Crippen molar-refractivity contribution in [3.8, 4) is 67.9 Å². The van der Waals surface area contributed by atoms with E-state index in [0.717, 1.165) is 69.9 Å². The van der Waals surface area contributed by atoms with Gasteiger partial charge in [0, 0.05) is 58.1 Å². The van der Waals surface area contributed by atoms with Gasteiger partial charge in [0.2, 0.25) is 0 Å². The van der Waals surface area contributed by atoms with Crippen LogP contribution in [0.25, 0.3) is 108 Å². The number of rotatable bonds is 6. The van der Waals surface area contributed by atoms with Crippen molar-refractivity contribution in [2.75, 3.05) is 0 Å². The number of fused-ring (bicyclic) bond motifs is 6. The molecule has 0 amide bonds. The fraction of sp³-hybridized carbons (Fsp3) is 0. The standard InChI is InChI=1S/C49H29N5S2/c1-4-14-30(15-5-1)33-20-12-21-34(28-33)42-45-43(38-22-10-11-25-40(38)55-45)51-49(50-42)39-24-13-23-37-36-27-26-35(29-41(36)56-44(37)39)48-53-46(31-16-6-2-7-17-31)52-47(54-48)32-18-8-3-9-19-32/h1-29H. The van der Waals surface area contributed by atoms with E-state index < -0.39 is 0 Å². The Morgan fingerprint density at radius 1 is 0.304 bits per heavy atom. The van der Waals surface area contributed by atoms with Gasteiger partial charge in [-0.05, 0) is 35.4 Å². The summed E-state index contributed by atoms with van der Waals surface area (Å²) in [6.45, 7) is 0. The number of hydrogen-bond donors (Lipinski definition) is 0. The largest absolute Gasteiger partial charge is 0.226 e. The summed E-state index contributed by atoms with van der Waals surface area (Å²) in [6.07, 6.45) is 0. The maximum absolute atomic E-state index is 5.41. The molecule has 0 radical (unpaired) electrons. The summed E-state index contributed by atoms with van der Waals surface area (Å²) in [6, 6.07) is 60.9. The number of benzene rings is 7. The summed E-state index contributed by atoms with van der Waals surface area (Å²) in [5, 5.41) is 3.49. The first-order valence-electron chi connectivity index (χ1n) is 18.4. The van der Waals surface area contributed by atoms with E-state index in [9.17, 15) is 0 Å². The molecule has 11 aromatic rings. The Hall–Kier alpha value is -6.93. The van der Waals surface area contributed by atoms with Crippen LogP contribution < -0.4 is 0 Å². The average Bonchev–Trinajstić information content (AvgIpc) is 3.85. The molecule has 262 valence electrons. The lowest BCUT2D eigenvalue weighted by atomic mass is 10.0. The minimum Gasteiger partial charge on any atom is -0.226 e. The maximum atomic E-state index is 5.41. The van der Waals surface area contributed by atoms with Gasteiger partial charge >= 0.3 is 0 Å². The molecule has 0 saturated carbocycles. The van der Waals surface area contributed by atoms with Crippen molar-refractivity contribution in [1.29, 1.82) is 0 Å². The lowest BCUT2D eigenvalue weighted by Gasteiger charge is -2.09. The SMILES string of the molecule is c1ccc(-c2cccc(-c3nc(-c4cccc5c4sc4cc(-c6nc(-c7ccccc7)nc(-c7ccccc7)n6)ccc45)nc4c3sc3ccccc34)c2)cc1. The minimum absolute atomic E-state index is 0.637. The highest BCUT2D eigenvalue weighted by atomic mass is 32.1. The molecule has 5 nitrogen and oxygen atoms in total. The van der Waals surface area contributed by atoms with Crippen molar-refractivity contribution in [1.82, 2.24) is 24.9 Å². The first-order valence-corrected chi connectivity index (χ1v) is 20.0. The fourth-order valence-electron chi connectivity index (χ4n) is 7.43. The zero-order chi connectivity index (χ0) is 37.0. The Morgan fingerprint density at radius 3 is 1.61 bits per heavy atom. The third-order valence-electron chi connectivity index (χ3n) is 10.2. The predicted octanol–water partition coefficient (Wildman–Crippen LogP) is 13.4. The predicted molar refractivity (Wildman–Crippen MR) is 234 cm³/mol. The smallest absolute Gasteiger partial charge is 0.164 e. The summed E-state index contributed by atoms with van der Waals surface area (Å²) < 4.78 is 4.58. The second kappa shape index (κ2) is 13.4. The fourth-order valence-corrected chi connectivity index (χ4v) is 9.84. The molecule has 0 atom stereocenters. The van der Waals surface area contributed by atoms with Gasteiger partial charge in [-0.3, -0.25) is 0 Å². The van der Waals surface area contributed by atoms with Gasteiger partial charge in [-0.2, -0.15) is 0 Å². The van der Waals surface area contributed by atoms with Crippen LogP contribution in [0.4, 0.5) is 0 Å². The number of hydrogen-bond acceptors (Lipinski definition) is 7. The van der Waals surface area contributed by atoms with E-state index in [0.29, 0.717) is 17.5 Å². The molecule has 0 aliphatic rings. The van der Waals surface area contributed by atoms with E-state index in [4.69, 9.17) is 24.9 Å². The highest BCUT2D eigenvalue weighted by Gasteiger charge is 2.20. The Balaban J connectivity index is 1.08. The molecule has 0 unspecified atom stereocenters. The van der Waals surface area contributed by atoms with E-state index in [2.05, 4.69) is 115 Å². The van der Waals surface area contributed by atoms with Crippen molar-refractivity contribution >= 4 is 63.1 Å². The molecular weight excluding hydrogens is 723 g/mol. The van der Waals surface area contributed by atoms with Crippen LogP contribution in [0.1, 0.15) is 0 Å². The summed E-state index contributed by atoms with van der Waals surface area (Å²) in [4.78, 5) is 25.7. The van der Waals surface area contributed by atoms with Gasteiger partial charge in [0.25, 0.3) is 0 Å². The van der Waals surface area contributed by atoms with Crippen molar-refractivity contribution in [3.63, 3.8) is 0 Å². The van der Waals surface area contributed by atoms with Gasteiger partial charge in [-0.25, -0.2) is 24.9 Å². The van der Waals surface area contributed by atoms with E-state index in [1.54, 1.807) is 22.7 Å². The van der Waals surface area contributed by atoms with E-state index >= 15 is 0 Å². The lowest BCUT2D eigenvalue weighted by molar-refractivity contribution is 1.07. The summed E-state index contributed by atoms with van der Waals surface area (Å²) in [7, 11) is 0. The van der Waals surface area contributed by atoms with Gasteiger partial charge in [-0.15, -0.1) is 22.7 Å². The first kappa shape index (κ1) is 32.5. The molecular formula is C49H29N5S2. The Bertz CT molecular complexity index is 3190. The van der Waals surface area contributed by atoms with Crippen molar-refractivity contribution in [3.05, 3.63) is 176 Å². The lowest BCUT2D eigenvalue weighted by Crippen LogP contribution is -1.99. The van der Waals surface area contributed by atoms with Gasteiger partial charge in [0.15, 0.2) is 23.3 Å². The van der Waals surface area contributed by atoms with Crippen molar-refractivity contribution in [2.45, 2.75) is 0 Å². The summed E-state index contributed by atoms with van der Waals surface area (Å²) >= 11 is 3.51. The van der Waals surface area contributed by atoms with Crippen LogP contribution in [0.5, 0.6) is 0 Å². The monoisotopic (exact) mass is 751 g/mol. The van der Waals surface area contributed by atoms with E-state index in [1.807, 2.05) is 60.7 Å². The maximum Gasteiger partial charge on any atom is 0.164 e. The van der Waals surface area contributed by atoms with Gasteiger partial charge in [-0.1, -0.05) is 152 Å². The zero-order valence-corrected chi connectivity index (χ0v) is 31.4. The molecule has 0 fully saturated rings. The number of thiophene rings is 2. The second-order valence-corrected chi connectivity index (χ2v) is 15.8. The highest BCUT2D eigenvalue weighted by Crippen LogP contribution is 2.44. The normalized spacial score (nSPS) is 11.6. The number of aromatic nitrogens is 5. The molecule has 4 aromatic heterocycles. The molecule has 56 heavy (non-hydrogen) atoms. The Kier molecular flexibility index (Phi) is 7.79. The molecule has 7 heteroatoms. The van der Waals surface area contributed by atoms with E-state index in [-0.39, 0.29) is 0 Å². The molecule has 7 aromatic carbocycles. The van der Waals surface area contributed by atoms with Crippen LogP contribution in [0, 0.1) is 0 Å². The third kappa shape index (κ3) is 5.64. The van der Waals surface area contributed by atoms with Gasteiger partial charge in [0.05, 0.1) is 15.9 Å². The van der Waals surface area contributed by atoms with E-state index in [1.165, 1.54) is 21.0 Å². The summed E-state index contributed by atoms with van der Waals surface area (Å²) in [5.41, 5.74) is 9.18. The van der Waals surface area contributed by atoms with Crippen LogP contribution in [0.3, 0.4) is 0 Å². The molecule has 0 N–H and O–H groups in total. The molecule has 0 saturated heterocycles.